The molecular weight excluding hydrogens is 242 g/mol. The van der Waals surface area contributed by atoms with Gasteiger partial charge in [0.05, 0.1) is 11.2 Å². The molecule has 0 spiro atoms. The van der Waals surface area contributed by atoms with Gasteiger partial charge in [0.1, 0.15) is 5.69 Å². The van der Waals surface area contributed by atoms with Crippen molar-refractivity contribution in [1.82, 2.24) is 10.3 Å². The van der Waals surface area contributed by atoms with Gasteiger partial charge in [0.25, 0.3) is 5.91 Å². The number of H-pyrrole nitrogens is 1. The lowest BCUT2D eigenvalue weighted by Crippen LogP contribution is -2.24. The average molecular weight is 261 g/mol. The predicted molar refractivity (Wildman–Crippen MR) is 76.0 cm³/mol. The van der Waals surface area contributed by atoms with Crippen molar-refractivity contribution in [3.05, 3.63) is 30.0 Å². The predicted octanol–water partition coefficient (Wildman–Crippen LogP) is 1.64. The van der Waals surface area contributed by atoms with E-state index in [-0.39, 0.29) is 12.5 Å². The van der Waals surface area contributed by atoms with Gasteiger partial charge in [-0.05, 0) is 31.4 Å². The maximum atomic E-state index is 11.9. The van der Waals surface area contributed by atoms with Crippen molar-refractivity contribution in [2.45, 2.75) is 19.3 Å². The molecule has 0 aliphatic heterocycles. The fourth-order valence-corrected chi connectivity index (χ4v) is 2.01. The number of amides is 1. The second-order valence-electron chi connectivity index (χ2n) is 4.53. The summed E-state index contributed by atoms with van der Waals surface area (Å²) in [4.78, 5) is 15.0. The van der Waals surface area contributed by atoms with Crippen molar-refractivity contribution < 1.29 is 9.90 Å². The lowest BCUT2D eigenvalue weighted by Gasteiger charge is -2.02. The molecule has 102 valence electrons. The van der Waals surface area contributed by atoms with E-state index in [1.165, 1.54) is 0 Å². The number of anilines is 1. The van der Waals surface area contributed by atoms with Crippen molar-refractivity contribution in [3.63, 3.8) is 0 Å². The molecule has 0 unspecified atom stereocenters. The van der Waals surface area contributed by atoms with E-state index in [2.05, 4.69) is 10.3 Å². The van der Waals surface area contributed by atoms with Crippen LogP contribution >= 0.6 is 0 Å². The normalized spacial score (nSPS) is 10.8. The number of aliphatic hydroxyl groups excluding tert-OH is 1. The molecule has 5 nitrogen and oxygen atoms in total. The summed E-state index contributed by atoms with van der Waals surface area (Å²) in [6.07, 6.45) is 2.56. The Kier molecular flexibility index (Phi) is 4.41. The highest BCUT2D eigenvalue weighted by molar-refractivity contribution is 6.00. The molecular formula is C14H19N3O2. The summed E-state index contributed by atoms with van der Waals surface area (Å²) in [7, 11) is 0. The minimum absolute atomic E-state index is 0.125. The SMILES string of the molecule is Nc1cccc2cc(C(=O)NCCCCCO)[nH]c12. The Balaban J connectivity index is 1.96. The highest BCUT2D eigenvalue weighted by Gasteiger charge is 2.09. The molecule has 0 bridgehead atoms. The fraction of sp³-hybridized carbons (Fsp3) is 0.357. The monoisotopic (exact) mass is 261 g/mol. The molecule has 5 heteroatoms. The highest BCUT2D eigenvalue weighted by atomic mass is 16.2. The number of nitrogens with one attached hydrogen (secondary N) is 2. The van der Waals surface area contributed by atoms with Crippen LogP contribution in [0, 0.1) is 0 Å². The maximum absolute atomic E-state index is 11.9. The second kappa shape index (κ2) is 6.24. The van der Waals surface area contributed by atoms with Crippen molar-refractivity contribution in [3.8, 4) is 0 Å². The highest BCUT2D eigenvalue weighted by Crippen LogP contribution is 2.20. The van der Waals surface area contributed by atoms with Crippen molar-refractivity contribution in [2.75, 3.05) is 18.9 Å². The number of unbranched alkanes of at least 4 members (excludes halogenated alkanes) is 2. The third-order valence-electron chi connectivity index (χ3n) is 3.05. The smallest absolute Gasteiger partial charge is 0.267 e. The molecule has 1 amide bonds. The Labute approximate surface area is 111 Å². The van der Waals surface area contributed by atoms with Gasteiger partial charge in [-0.3, -0.25) is 4.79 Å². The Morgan fingerprint density at radius 3 is 2.89 bits per heavy atom. The molecule has 0 atom stereocenters. The second-order valence-corrected chi connectivity index (χ2v) is 4.53. The van der Waals surface area contributed by atoms with Crippen LogP contribution in [0.3, 0.4) is 0 Å². The van der Waals surface area contributed by atoms with Gasteiger partial charge in [-0.15, -0.1) is 0 Å². The topological polar surface area (TPSA) is 91.1 Å². The van der Waals surface area contributed by atoms with Gasteiger partial charge in [0.2, 0.25) is 0 Å². The quantitative estimate of drug-likeness (QED) is 0.470. The summed E-state index contributed by atoms with van der Waals surface area (Å²) < 4.78 is 0. The van der Waals surface area contributed by atoms with E-state index >= 15 is 0 Å². The van der Waals surface area contributed by atoms with Crippen LogP contribution in [0.1, 0.15) is 29.8 Å². The molecule has 2 aromatic rings. The first-order valence-corrected chi connectivity index (χ1v) is 6.48. The number of carbonyl (C=O) groups is 1. The Hall–Kier alpha value is -2.01. The van der Waals surface area contributed by atoms with E-state index in [0.717, 1.165) is 30.2 Å². The summed E-state index contributed by atoms with van der Waals surface area (Å²) in [5, 5.41) is 12.4. The van der Waals surface area contributed by atoms with Crippen molar-refractivity contribution >= 4 is 22.5 Å². The molecule has 0 saturated carbocycles. The number of fused-ring (bicyclic) bond motifs is 1. The molecule has 1 aromatic heterocycles. The van der Waals surface area contributed by atoms with Crippen LogP contribution in [0.15, 0.2) is 24.3 Å². The first-order valence-electron chi connectivity index (χ1n) is 6.48. The Morgan fingerprint density at radius 1 is 1.32 bits per heavy atom. The number of aromatic amines is 1. The Bertz CT molecular complexity index is 563. The molecule has 1 heterocycles. The molecule has 1 aromatic carbocycles. The van der Waals surface area contributed by atoms with Crippen LogP contribution in [-0.2, 0) is 0 Å². The van der Waals surface area contributed by atoms with E-state index in [0.29, 0.717) is 17.9 Å². The third kappa shape index (κ3) is 3.26. The van der Waals surface area contributed by atoms with Gasteiger partial charge in [0.15, 0.2) is 0 Å². The zero-order chi connectivity index (χ0) is 13.7. The number of carbonyl (C=O) groups excluding carboxylic acids is 1. The number of nitrogens with two attached hydrogens (primary N) is 1. The van der Waals surface area contributed by atoms with Crippen LogP contribution < -0.4 is 11.1 Å². The standard InChI is InChI=1S/C14H19N3O2/c15-11-6-4-5-10-9-12(17-13(10)11)14(19)16-7-2-1-3-8-18/h4-6,9,17-18H,1-3,7-8,15H2,(H,16,19). The summed E-state index contributed by atoms with van der Waals surface area (Å²) in [5.74, 6) is -0.125. The minimum Gasteiger partial charge on any atom is -0.397 e. The number of hydrogen-bond acceptors (Lipinski definition) is 3. The van der Waals surface area contributed by atoms with Crippen LogP contribution in [0.4, 0.5) is 5.69 Å². The van der Waals surface area contributed by atoms with Gasteiger partial charge in [-0.1, -0.05) is 12.1 Å². The van der Waals surface area contributed by atoms with Crippen LogP contribution in [0.5, 0.6) is 0 Å². The summed E-state index contributed by atoms with van der Waals surface area (Å²) >= 11 is 0. The lowest BCUT2D eigenvalue weighted by atomic mass is 10.2. The number of rotatable bonds is 6. The molecule has 0 aliphatic rings. The maximum Gasteiger partial charge on any atom is 0.267 e. The van der Waals surface area contributed by atoms with Gasteiger partial charge >= 0.3 is 0 Å². The molecule has 19 heavy (non-hydrogen) atoms. The van der Waals surface area contributed by atoms with Crippen LogP contribution in [0.2, 0.25) is 0 Å². The van der Waals surface area contributed by atoms with E-state index in [4.69, 9.17) is 10.8 Å². The largest absolute Gasteiger partial charge is 0.397 e. The molecule has 0 saturated heterocycles. The summed E-state index contributed by atoms with van der Waals surface area (Å²) in [6.45, 7) is 0.818. The molecule has 0 fully saturated rings. The number of aromatic nitrogens is 1. The molecule has 2 rings (SSSR count). The third-order valence-corrected chi connectivity index (χ3v) is 3.05. The van der Waals surface area contributed by atoms with Crippen molar-refractivity contribution in [2.24, 2.45) is 0 Å². The fourth-order valence-electron chi connectivity index (χ4n) is 2.01. The number of hydrogen-bond donors (Lipinski definition) is 4. The molecule has 5 N–H and O–H groups in total. The average Bonchev–Trinajstić information content (AvgIpc) is 2.84. The van der Waals surface area contributed by atoms with Crippen LogP contribution in [0.25, 0.3) is 10.9 Å². The molecule has 0 radical (unpaired) electrons. The lowest BCUT2D eigenvalue weighted by molar-refractivity contribution is 0.0948. The summed E-state index contributed by atoms with van der Waals surface area (Å²) in [5.41, 5.74) is 7.80. The number of nitrogen functional groups attached to an aromatic ring is 1. The summed E-state index contributed by atoms with van der Waals surface area (Å²) in [6, 6.07) is 7.38. The van der Waals surface area contributed by atoms with Gasteiger partial charge in [0, 0.05) is 18.5 Å². The van der Waals surface area contributed by atoms with Crippen molar-refractivity contribution in [1.29, 1.82) is 0 Å². The van der Waals surface area contributed by atoms with E-state index < -0.39 is 0 Å². The Morgan fingerprint density at radius 2 is 2.16 bits per heavy atom. The first kappa shape index (κ1) is 13.4. The zero-order valence-corrected chi connectivity index (χ0v) is 10.8. The van der Waals surface area contributed by atoms with Gasteiger partial charge in [-0.2, -0.15) is 0 Å². The number of aliphatic hydroxyl groups is 1. The minimum atomic E-state index is -0.125. The van der Waals surface area contributed by atoms with Gasteiger partial charge in [-0.25, -0.2) is 0 Å². The first-order chi connectivity index (χ1) is 9.22. The molecule has 0 aliphatic carbocycles. The number of para-hydroxylation sites is 1. The van der Waals surface area contributed by atoms with E-state index in [1.54, 1.807) is 12.1 Å². The number of benzene rings is 1. The van der Waals surface area contributed by atoms with Crippen LogP contribution in [-0.4, -0.2) is 29.1 Å². The zero-order valence-electron chi connectivity index (χ0n) is 10.8. The van der Waals surface area contributed by atoms with Gasteiger partial charge < -0.3 is 21.1 Å². The van der Waals surface area contributed by atoms with E-state index in [1.807, 2.05) is 12.1 Å². The van der Waals surface area contributed by atoms with E-state index in [9.17, 15) is 4.79 Å².